The molecule has 0 amide bonds. The fourth-order valence-electron chi connectivity index (χ4n) is 4.87. The van der Waals surface area contributed by atoms with E-state index in [1.54, 1.807) is 37.7 Å². The molecule has 1 aromatic heterocycles. The zero-order valence-corrected chi connectivity index (χ0v) is 25.6. The standard InChI is InChI=1S/C34H34N2O6S/c1-6-40-33(38)30-22(4)35-34-36(31(30)25-14-17-27(42-21(2)3)28(19-25)39-5)32(37)29(43-34)18-23-12-15-26(16-13-23)41-20-24-10-8-7-9-11-24/h7-19,21,31H,6,20H2,1-5H3/b29-18-/t31-/m0/s1. The molecular formula is C34H34N2O6S. The molecular weight excluding hydrogens is 564 g/mol. The van der Waals surface area contributed by atoms with Crippen LogP contribution >= 0.6 is 11.3 Å². The summed E-state index contributed by atoms with van der Waals surface area (Å²) in [7, 11) is 1.56. The van der Waals surface area contributed by atoms with Crippen LogP contribution in [-0.2, 0) is 16.1 Å². The van der Waals surface area contributed by atoms with Gasteiger partial charge in [0.25, 0.3) is 5.56 Å². The Morgan fingerprint density at radius 3 is 2.47 bits per heavy atom. The Morgan fingerprint density at radius 2 is 1.79 bits per heavy atom. The first-order chi connectivity index (χ1) is 20.8. The van der Waals surface area contributed by atoms with Gasteiger partial charge in [0.1, 0.15) is 12.4 Å². The lowest BCUT2D eigenvalue weighted by molar-refractivity contribution is -0.139. The first-order valence-corrected chi connectivity index (χ1v) is 14.9. The average Bonchev–Trinajstić information content (AvgIpc) is 3.30. The van der Waals surface area contributed by atoms with Gasteiger partial charge >= 0.3 is 5.97 Å². The predicted molar refractivity (Wildman–Crippen MR) is 166 cm³/mol. The average molecular weight is 599 g/mol. The Hall–Kier alpha value is -4.63. The minimum absolute atomic E-state index is 0.0563. The van der Waals surface area contributed by atoms with Crippen LogP contribution in [-0.4, -0.2) is 30.4 Å². The largest absolute Gasteiger partial charge is 0.493 e. The summed E-state index contributed by atoms with van der Waals surface area (Å²) in [5.74, 6) is 1.29. The van der Waals surface area contributed by atoms with E-state index in [9.17, 15) is 9.59 Å². The van der Waals surface area contributed by atoms with E-state index in [1.807, 2.05) is 80.6 Å². The van der Waals surface area contributed by atoms with Crippen LogP contribution in [0.25, 0.3) is 6.08 Å². The molecule has 0 spiro atoms. The number of benzene rings is 3. The molecule has 0 saturated heterocycles. The number of fused-ring (bicyclic) bond motifs is 1. The second-order valence-corrected chi connectivity index (χ2v) is 11.2. The SMILES string of the molecule is CCOC(=O)C1=C(C)N=c2s/c(=C\c3ccc(OCc4ccccc4)cc3)c(=O)n2[C@H]1c1ccc(OC(C)C)c(OC)c1. The van der Waals surface area contributed by atoms with E-state index in [0.29, 0.717) is 44.3 Å². The van der Waals surface area contributed by atoms with Crippen molar-refractivity contribution in [2.75, 3.05) is 13.7 Å². The Labute approximate surface area is 254 Å². The number of carbonyl (C=O) groups excluding carboxylic acids is 1. The number of allylic oxidation sites excluding steroid dienone is 1. The number of rotatable bonds is 10. The molecule has 8 nitrogen and oxygen atoms in total. The van der Waals surface area contributed by atoms with Crippen LogP contribution in [0.3, 0.4) is 0 Å². The van der Waals surface area contributed by atoms with Gasteiger partial charge in [0.05, 0.1) is 41.7 Å². The number of hydrogen-bond donors (Lipinski definition) is 0. The molecule has 1 aliphatic heterocycles. The first kappa shape index (κ1) is 29.8. The minimum atomic E-state index is -0.756. The maximum Gasteiger partial charge on any atom is 0.338 e. The maximum absolute atomic E-state index is 14.0. The number of ether oxygens (including phenoxy) is 4. The Balaban J connectivity index is 1.54. The van der Waals surface area contributed by atoms with Crippen LogP contribution in [0.4, 0.5) is 0 Å². The molecule has 0 unspecified atom stereocenters. The van der Waals surface area contributed by atoms with Crippen LogP contribution in [0.15, 0.2) is 93.9 Å². The van der Waals surface area contributed by atoms with Crippen molar-refractivity contribution < 1.29 is 23.7 Å². The van der Waals surface area contributed by atoms with Crippen molar-refractivity contribution in [3.05, 3.63) is 120 Å². The van der Waals surface area contributed by atoms with Gasteiger partial charge in [-0.05, 0) is 74.7 Å². The summed E-state index contributed by atoms with van der Waals surface area (Å²) < 4.78 is 24.9. The third-order valence-corrected chi connectivity index (χ3v) is 7.79. The molecule has 0 N–H and O–H groups in total. The minimum Gasteiger partial charge on any atom is -0.493 e. The highest BCUT2D eigenvalue weighted by Gasteiger charge is 2.34. The quantitative estimate of drug-likeness (QED) is 0.234. The number of thiazole rings is 1. The smallest absolute Gasteiger partial charge is 0.338 e. The summed E-state index contributed by atoms with van der Waals surface area (Å²) in [6.45, 7) is 8.04. The van der Waals surface area contributed by atoms with Crippen LogP contribution < -0.4 is 29.1 Å². The molecule has 1 atom stereocenters. The van der Waals surface area contributed by atoms with Crippen molar-refractivity contribution in [1.82, 2.24) is 4.57 Å². The second kappa shape index (κ2) is 13.1. The van der Waals surface area contributed by atoms with E-state index in [2.05, 4.69) is 4.99 Å². The molecule has 1 aliphatic rings. The molecule has 222 valence electrons. The summed E-state index contributed by atoms with van der Waals surface area (Å²) >= 11 is 1.27. The zero-order valence-electron chi connectivity index (χ0n) is 24.8. The third-order valence-electron chi connectivity index (χ3n) is 6.81. The van der Waals surface area contributed by atoms with E-state index in [0.717, 1.165) is 16.9 Å². The number of esters is 1. The lowest BCUT2D eigenvalue weighted by atomic mass is 9.95. The number of nitrogens with zero attached hydrogens (tertiary/aromatic N) is 2. The highest BCUT2D eigenvalue weighted by Crippen LogP contribution is 2.36. The van der Waals surface area contributed by atoms with Gasteiger partial charge in [-0.25, -0.2) is 9.79 Å². The van der Waals surface area contributed by atoms with Gasteiger partial charge in [0.15, 0.2) is 16.3 Å². The molecule has 0 fully saturated rings. The highest BCUT2D eigenvalue weighted by atomic mass is 32.1. The van der Waals surface area contributed by atoms with E-state index in [1.165, 1.54) is 11.3 Å². The number of methoxy groups -OCH3 is 1. The van der Waals surface area contributed by atoms with Crippen molar-refractivity contribution in [1.29, 1.82) is 0 Å². The number of carbonyl (C=O) groups is 1. The molecule has 0 aliphatic carbocycles. The fraction of sp³-hybridized carbons (Fsp3) is 0.265. The molecule has 3 aromatic carbocycles. The van der Waals surface area contributed by atoms with Crippen LogP contribution in [0.5, 0.6) is 17.2 Å². The summed E-state index contributed by atoms with van der Waals surface area (Å²) in [5.41, 5.74) is 3.15. The van der Waals surface area contributed by atoms with Crippen molar-refractivity contribution in [2.24, 2.45) is 4.99 Å². The Kier molecular flexibility index (Phi) is 9.11. The van der Waals surface area contributed by atoms with Gasteiger partial charge < -0.3 is 18.9 Å². The monoisotopic (exact) mass is 598 g/mol. The normalized spacial score (nSPS) is 14.7. The predicted octanol–water partition coefficient (Wildman–Crippen LogP) is 5.17. The van der Waals surface area contributed by atoms with Gasteiger partial charge in [-0.3, -0.25) is 9.36 Å². The van der Waals surface area contributed by atoms with E-state index < -0.39 is 12.0 Å². The van der Waals surface area contributed by atoms with E-state index in [4.69, 9.17) is 18.9 Å². The summed E-state index contributed by atoms with van der Waals surface area (Å²) in [5, 5.41) is 0. The van der Waals surface area contributed by atoms with E-state index >= 15 is 0 Å². The maximum atomic E-state index is 14.0. The number of aromatic nitrogens is 1. The molecule has 0 radical (unpaired) electrons. The molecule has 0 bridgehead atoms. The first-order valence-electron chi connectivity index (χ1n) is 14.1. The number of hydrogen-bond acceptors (Lipinski definition) is 8. The van der Waals surface area contributed by atoms with Crippen molar-refractivity contribution in [3.8, 4) is 17.2 Å². The zero-order chi connectivity index (χ0) is 30.5. The third kappa shape index (κ3) is 6.57. The van der Waals surface area contributed by atoms with Gasteiger partial charge in [0.2, 0.25) is 0 Å². The summed E-state index contributed by atoms with van der Waals surface area (Å²) in [6.07, 6.45) is 1.77. The molecule has 4 aromatic rings. The molecule has 43 heavy (non-hydrogen) atoms. The van der Waals surface area contributed by atoms with Gasteiger partial charge in [-0.15, -0.1) is 0 Å². The molecule has 2 heterocycles. The second-order valence-electron chi connectivity index (χ2n) is 10.2. The van der Waals surface area contributed by atoms with Gasteiger partial charge in [0, 0.05) is 0 Å². The van der Waals surface area contributed by atoms with Crippen molar-refractivity contribution >= 4 is 23.4 Å². The van der Waals surface area contributed by atoms with E-state index in [-0.39, 0.29) is 18.3 Å². The lowest BCUT2D eigenvalue weighted by Gasteiger charge is -2.25. The van der Waals surface area contributed by atoms with Crippen LogP contribution in [0.2, 0.25) is 0 Å². The highest BCUT2D eigenvalue weighted by molar-refractivity contribution is 7.07. The van der Waals surface area contributed by atoms with Gasteiger partial charge in [-0.1, -0.05) is 59.9 Å². The topological polar surface area (TPSA) is 88.4 Å². The Bertz CT molecular complexity index is 1820. The lowest BCUT2D eigenvalue weighted by Crippen LogP contribution is -2.40. The molecule has 0 saturated carbocycles. The van der Waals surface area contributed by atoms with Crippen LogP contribution in [0.1, 0.15) is 50.4 Å². The molecule has 5 rings (SSSR count). The fourth-order valence-corrected chi connectivity index (χ4v) is 5.91. The van der Waals surface area contributed by atoms with Crippen molar-refractivity contribution in [2.45, 2.75) is 46.4 Å². The Morgan fingerprint density at radius 1 is 1.05 bits per heavy atom. The van der Waals surface area contributed by atoms with Crippen molar-refractivity contribution in [3.63, 3.8) is 0 Å². The summed E-state index contributed by atoms with van der Waals surface area (Å²) in [4.78, 5) is 32.3. The molecule has 9 heteroatoms. The summed E-state index contributed by atoms with van der Waals surface area (Å²) in [6, 6.07) is 22.2. The van der Waals surface area contributed by atoms with Crippen LogP contribution in [0, 0.1) is 0 Å². The van der Waals surface area contributed by atoms with Gasteiger partial charge in [-0.2, -0.15) is 0 Å².